The summed E-state index contributed by atoms with van der Waals surface area (Å²) in [4.78, 5) is 16.6. The maximum absolute atomic E-state index is 12.5. The van der Waals surface area contributed by atoms with Crippen LogP contribution in [0.1, 0.15) is 6.92 Å². The Hall–Kier alpha value is -2.80. The van der Waals surface area contributed by atoms with E-state index in [9.17, 15) is 4.79 Å². The Balaban J connectivity index is 1.60. The molecule has 0 spiro atoms. The van der Waals surface area contributed by atoms with Crippen LogP contribution in [0.25, 0.3) is 0 Å². The van der Waals surface area contributed by atoms with E-state index in [0.717, 1.165) is 0 Å². The number of hydrogen-bond donors (Lipinski definition) is 1. The van der Waals surface area contributed by atoms with Crippen molar-refractivity contribution in [2.75, 3.05) is 25.6 Å². The van der Waals surface area contributed by atoms with Crippen molar-refractivity contribution >= 4 is 11.6 Å². The topological polar surface area (TPSA) is 78.9 Å². The molecule has 1 aromatic heterocycles. The maximum Gasteiger partial charge on any atom is 0.269 e. The first-order valence-electron chi connectivity index (χ1n) is 7.98. The van der Waals surface area contributed by atoms with Gasteiger partial charge < -0.3 is 24.3 Å². The first-order valence-corrected chi connectivity index (χ1v) is 7.98. The Morgan fingerprint density at radius 1 is 1.16 bits per heavy atom. The minimum absolute atomic E-state index is 0.295. The van der Waals surface area contributed by atoms with Gasteiger partial charge in [0.15, 0.2) is 11.5 Å². The van der Waals surface area contributed by atoms with Crippen LogP contribution in [-0.2, 0) is 9.53 Å². The number of anilines is 1. The first-order chi connectivity index (χ1) is 12.2. The van der Waals surface area contributed by atoms with E-state index in [1.165, 1.54) is 6.20 Å². The highest BCUT2D eigenvalue weighted by molar-refractivity contribution is 5.95. The fourth-order valence-corrected chi connectivity index (χ4v) is 2.39. The zero-order valence-electron chi connectivity index (χ0n) is 14.1. The number of carbonyl (C=O) groups excluding carboxylic acids is 1. The molecule has 2 aromatic rings. The molecule has 0 aliphatic carbocycles. The second-order valence-corrected chi connectivity index (χ2v) is 5.52. The number of rotatable bonds is 6. The van der Waals surface area contributed by atoms with Gasteiger partial charge in [-0.3, -0.25) is 4.79 Å². The minimum atomic E-state index is -0.743. The third-order valence-electron chi connectivity index (χ3n) is 3.64. The third kappa shape index (κ3) is 4.19. The van der Waals surface area contributed by atoms with E-state index in [1.54, 1.807) is 32.2 Å². The van der Waals surface area contributed by atoms with Gasteiger partial charge in [-0.2, -0.15) is 0 Å². The number of nitrogens with zero attached hydrogens (tertiary/aromatic N) is 1. The molecule has 25 heavy (non-hydrogen) atoms. The average molecular weight is 344 g/mol. The van der Waals surface area contributed by atoms with Gasteiger partial charge in [0.1, 0.15) is 12.7 Å². The summed E-state index contributed by atoms with van der Waals surface area (Å²) in [7, 11) is 1.60. The number of nitrogens with one attached hydrogen (secondary N) is 1. The van der Waals surface area contributed by atoms with Gasteiger partial charge >= 0.3 is 0 Å². The van der Waals surface area contributed by atoms with E-state index in [0.29, 0.717) is 36.3 Å². The predicted octanol–water partition coefficient (Wildman–Crippen LogP) is 2.27. The van der Waals surface area contributed by atoms with Crippen LogP contribution in [0.5, 0.6) is 17.4 Å². The fraction of sp³-hybridized carbons (Fsp3) is 0.333. The molecule has 132 valence electrons. The van der Waals surface area contributed by atoms with Crippen LogP contribution < -0.4 is 19.5 Å². The predicted molar refractivity (Wildman–Crippen MR) is 91.2 cm³/mol. The molecule has 0 fully saturated rings. The standard InChI is InChI=1S/C18H20N2O5/c1-12-17(25-15-6-4-3-5-14(15)24-12)18(21)20-13-7-8-16(19-11-13)23-10-9-22-2/h3-8,11-12,17H,9-10H2,1-2H3,(H,20,21). The molecule has 7 nitrogen and oxygen atoms in total. The number of hydrogen-bond acceptors (Lipinski definition) is 6. The molecular weight excluding hydrogens is 324 g/mol. The van der Waals surface area contributed by atoms with Crippen molar-refractivity contribution in [1.29, 1.82) is 0 Å². The molecular formula is C18H20N2O5. The van der Waals surface area contributed by atoms with Crippen LogP contribution >= 0.6 is 0 Å². The van der Waals surface area contributed by atoms with Crippen molar-refractivity contribution in [2.45, 2.75) is 19.1 Å². The summed E-state index contributed by atoms with van der Waals surface area (Å²) in [6.45, 7) is 2.70. The quantitative estimate of drug-likeness (QED) is 0.810. The Morgan fingerprint density at radius 2 is 1.92 bits per heavy atom. The molecule has 0 radical (unpaired) electrons. The summed E-state index contributed by atoms with van der Waals surface area (Å²) < 4.78 is 21.8. The normalized spacial score (nSPS) is 18.5. The minimum Gasteiger partial charge on any atom is -0.482 e. The molecule has 1 N–H and O–H groups in total. The van der Waals surface area contributed by atoms with E-state index in [4.69, 9.17) is 18.9 Å². The summed E-state index contributed by atoms with van der Waals surface area (Å²) >= 11 is 0. The Labute approximate surface area is 145 Å². The van der Waals surface area contributed by atoms with Gasteiger partial charge in [-0.05, 0) is 25.1 Å². The average Bonchev–Trinajstić information content (AvgIpc) is 2.62. The third-order valence-corrected chi connectivity index (χ3v) is 3.64. The molecule has 1 aliphatic heterocycles. The van der Waals surface area contributed by atoms with Gasteiger partial charge in [0, 0.05) is 13.2 Å². The number of benzene rings is 1. The molecule has 3 rings (SSSR count). The zero-order chi connectivity index (χ0) is 17.6. The number of ether oxygens (including phenoxy) is 4. The summed E-state index contributed by atoms with van der Waals surface area (Å²) in [5.41, 5.74) is 0.554. The lowest BCUT2D eigenvalue weighted by atomic mass is 10.1. The molecule has 2 atom stereocenters. The van der Waals surface area contributed by atoms with Crippen molar-refractivity contribution in [1.82, 2.24) is 4.98 Å². The largest absolute Gasteiger partial charge is 0.482 e. The van der Waals surface area contributed by atoms with Crippen LogP contribution in [0.3, 0.4) is 0 Å². The van der Waals surface area contributed by atoms with Crippen molar-refractivity contribution < 1.29 is 23.7 Å². The van der Waals surface area contributed by atoms with Crippen molar-refractivity contribution in [3.63, 3.8) is 0 Å². The number of aromatic nitrogens is 1. The molecule has 2 heterocycles. The lowest BCUT2D eigenvalue weighted by Crippen LogP contribution is -2.46. The van der Waals surface area contributed by atoms with Crippen LogP contribution in [0.2, 0.25) is 0 Å². The van der Waals surface area contributed by atoms with Crippen molar-refractivity contribution in [3.8, 4) is 17.4 Å². The maximum atomic E-state index is 12.5. The van der Waals surface area contributed by atoms with Crippen LogP contribution in [0, 0.1) is 0 Å². The highest BCUT2D eigenvalue weighted by Gasteiger charge is 2.34. The molecule has 0 saturated carbocycles. The molecule has 2 unspecified atom stereocenters. The van der Waals surface area contributed by atoms with E-state index in [2.05, 4.69) is 10.3 Å². The Morgan fingerprint density at radius 3 is 2.60 bits per heavy atom. The van der Waals surface area contributed by atoms with E-state index in [1.807, 2.05) is 18.2 Å². The lowest BCUT2D eigenvalue weighted by molar-refractivity contribution is -0.128. The fourth-order valence-electron chi connectivity index (χ4n) is 2.39. The summed E-state index contributed by atoms with van der Waals surface area (Å²) in [6.07, 6.45) is 0.384. The van der Waals surface area contributed by atoms with Gasteiger partial charge in [-0.1, -0.05) is 12.1 Å². The van der Waals surface area contributed by atoms with Gasteiger partial charge in [0.05, 0.1) is 18.5 Å². The molecule has 7 heteroatoms. The van der Waals surface area contributed by atoms with Gasteiger partial charge in [-0.25, -0.2) is 4.98 Å². The van der Waals surface area contributed by atoms with Crippen LogP contribution in [0.15, 0.2) is 42.6 Å². The Kier molecular flexibility index (Phi) is 5.35. The second-order valence-electron chi connectivity index (χ2n) is 5.52. The number of pyridine rings is 1. The first kappa shape index (κ1) is 17.0. The smallest absolute Gasteiger partial charge is 0.269 e. The van der Waals surface area contributed by atoms with Crippen molar-refractivity contribution in [2.24, 2.45) is 0 Å². The van der Waals surface area contributed by atoms with E-state index < -0.39 is 12.2 Å². The van der Waals surface area contributed by atoms with E-state index in [-0.39, 0.29) is 5.91 Å². The van der Waals surface area contributed by atoms with Gasteiger partial charge in [-0.15, -0.1) is 0 Å². The Bertz CT molecular complexity index is 720. The zero-order valence-corrected chi connectivity index (χ0v) is 14.1. The van der Waals surface area contributed by atoms with Gasteiger partial charge in [0.2, 0.25) is 12.0 Å². The van der Waals surface area contributed by atoms with Crippen LogP contribution in [-0.4, -0.2) is 43.4 Å². The molecule has 1 aliphatic rings. The monoisotopic (exact) mass is 344 g/mol. The molecule has 1 aromatic carbocycles. The number of para-hydroxylation sites is 2. The highest BCUT2D eigenvalue weighted by Crippen LogP contribution is 2.33. The number of methoxy groups -OCH3 is 1. The van der Waals surface area contributed by atoms with Gasteiger partial charge in [0.25, 0.3) is 5.91 Å². The second kappa shape index (κ2) is 7.85. The molecule has 1 amide bonds. The summed E-state index contributed by atoms with van der Waals surface area (Å²) in [5, 5.41) is 2.78. The van der Waals surface area contributed by atoms with Crippen molar-refractivity contribution in [3.05, 3.63) is 42.6 Å². The number of amides is 1. The molecule has 0 saturated heterocycles. The number of carbonyl (C=O) groups is 1. The lowest BCUT2D eigenvalue weighted by Gasteiger charge is -2.30. The van der Waals surface area contributed by atoms with Crippen LogP contribution in [0.4, 0.5) is 5.69 Å². The number of fused-ring (bicyclic) bond motifs is 1. The summed E-state index contributed by atoms with van der Waals surface area (Å²) in [6, 6.07) is 10.7. The summed E-state index contributed by atoms with van der Waals surface area (Å²) in [5.74, 6) is 1.37. The van der Waals surface area contributed by atoms with E-state index >= 15 is 0 Å². The molecule has 0 bridgehead atoms. The SMILES string of the molecule is COCCOc1ccc(NC(=O)C2Oc3ccccc3OC2C)cn1. The highest BCUT2D eigenvalue weighted by atomic mass is 16.6.